The molecule has 212 valence electrons. The Morgan fingerprint density at radius 1 is 0.600 bits per heavy atom. The van der Waals surface area contributed by atoms with Gasteiger partial charge in [-0.2, -0.15) is 0 Å². The second-order valence-corrected chi connectivity index (χ2v) is 10.7. The molecule has 0 bridgehead atoms. The fourth-order valence-corrected chi connectivity index (χ4v) is 4.58. The Bertz CT molecular complexity index is 410. The summed E-state index contributed by atoms with van der Waals surface area (Å²) in [6.07, 6.45) is 25.9. The number of unbranched alkanes of at least 4 members (excludes halogenated alkanes) is 18. The van der Waals surface area contributed by atoms with Crippen LogP contribution in [0, 0.1) is 0 Å². The van der Waals surface area contributed by atoms with Crippen molar-refractivity contribution in [1.29, 1.82) is 0 Å². The number of nitrogens with zero attached hydrogens (tertiary/aromatic N) is 1. The molecule has 0 fully saturated rings. The van der Waals surface area contributed by atoms with E-state index in [1.54, 1.807) is 0 Å². The lowest BCUT2D eigenvalue weighted by Gasteiger charge is -2.32. The highest BCUT2D eigenvalue weighted by Gasteiger charge is 2.29. The first-order valence-corrected chi connectivity index (χ1v) is 15.3. The highest BCUT2D eigenvalue weighted by molar-refractivity contribution is 4.72. The molecule has 0 amide bonds. The molecule has 0 aromatic rings. The van der Waals surface area contributed by atoms with Crippen LogP contribution < -0.4 is 0 Å². The maximum atomic E-state index is 11.0. The van der Waals surface area contributed by atoms with Gasteiger partial charge in [0.2, 0.25) is 5.79 Å². The molecule has 0 radical (unpaired) electrons. The highest BCUT2D eigenvalue weighted by Crippen LogP contribution is 2.15. The van der Waals surface area contributed by atoms with Crippen LogP contribution in [0.4, 0.5) is 0 Å². The van der Waals surface area contributed by atoms with E-state index in [0.717, 1.165) is 19.3 Å². The van der Waals surface area contributed by atoms with Gasteiger partial charge in [-0.05, 0) is 19.9 Å². The molecule has 5 nitrogen and oxygen atoms in total. The Hall–Kier alpha value is -0.200. The quantitative estimate of drug-likeness (QED) is 0.0822. The average Bonchev–Trinajstić information content (AvgIpc) is 2.83. The molecule has 0 rings (SSSR count). The third-order valence-corrected chi connectivity index (χ3v) is 6.84. The molecule has 0 spiro atoms. The van der Waals surface area contributed by atoms with Crippen molar-refractivity contribution in [2.24, 2.45) is 0 Å². The Morgan fingerprint density at radius 3 is 1.43 bits per heavy atom. The Labute approximate surface area is 219 Å². The van der Waals surface area contributed by atoms with Crippen LogP contribution in [-0.4, -0.2) is 67.5 Å². The van der Waals surface area contributed by atoms with E-state index in [9.17, 15) is 10.2 Å². The Morgan fingerprint density at radius 2 is 1.00 bits per heavy atom. The van der Waals surface area contributed by atoms with E-state index in [-0.39, 0.29) is 13.2 Å². The molecule has 5 heteroatoms. The molecule has 0 saturated heterocycles. The van der Waals surface area contributed by atoms with E-state index in [1.807, 2.05) is 11.9 Å². The van der Waals surface area contributed by atoms with E-state index >= 15 is 0 Å². The van der Waals surface area contributed by atoms with Gasteiger partial charge < -0.3 is 19.7 Å². The maximum absolute atomic E-state index is 11.0. The monoisotopic (exact) mass is 501 g/mol. The molecule has 0 saturated carbocycles. The number of hydrogen-bond acceptors (Lipinski definition) is 5. The number of rotatable bonds is 29. The van der Waals surface area contributed by atoms with E-state index < -0.39 is 5.79 Å². The van der Waals surface area contributed by atoms with Gasteiger partial charge >= 0.3 is 0 Å². The lowest BCUT2D eigenvalue weighted by Crippen LogP contribution is -2.48. The van der Waals surface area contributed by atoms with Crippen molar-refractivity contribution in [3.63, 3.8) is 0 Å². The molecular formula is C30H63NO4. The van der Waals surface area contributed by atoms with Crippen LogP contribution >= 0.6 is 0 Å². The largest absolute Gasteiger partial charge is 0.395 e. The lowest BCUT2D eigenvalue weighted by atomic mass is 10.1. The van der Waals surface area contributed by atoms with E-state index in [4.69, 9.17) is 9.47 Å². The minimum absolute atomic E-state index is 0.0739. The summed E-state index contributed by atoms with van der Waals surface area (Å²) in [4.78, 5) is 1.91. The van der Waals surface area contributed by atoms with Crippen LogP contribution in [0.1, 0.15) is 142 Å². The van der Waals surface area contributed by atoms with Crippen LogP contribution in [0.5, 0.6) is 0 Å². The van der Waals surface area contributed by atoms with Crippen molar-refractivity contribution < 1.29 is 19.7 Å². The van der Waals surface area contributed by atoms with E-state index in [1.165, 1.54) is 109 Å². The molecule has 0 heterocycles. The summed E-state index contributed by atoms with van der Waals surface area (Å²) in [6.45, 7) is 6.89. The maximum Gasteiger partial charge on any atom is 0.202 e. The van der Waals surface area contributed by atoms with Gasteiger partial charge in [-0.1, -0.05) is 129 Å². The smallest absolute Gasteiger partial charge is 0.202 e. The zero-order valence-electron chi connectivity index (χ0n) is 24.0. The number of hydrogen-bond donors (Lipinski definition) is 2. The van der Waals surface area contributed by atoms with Crippen LogP contribution in [-0.2, 0) is 9.47 Å². The second kappa shape index (κ2) is 26.9. The van der Waals surface area contributed by atoms with Crippen molar-refractivity contribution >= 4 is 0 Å². The zero-order valence-corrected chi connectivity index (χ0v) is 24.0. The predicted molar refractivity (Wildman–Crippen MR) is 150 cm³/mol. The zero-order chi connectivity index (χ0) is 25.9. The normalized spacial score (nSPS) is 13.5. The molecule has 0 aliphatic rings. The van der Waals surface area contributed by atoms with Gasteiger partial charge in [0, 0.05) is 13.2 Å². The fraction of sp³-hybridized carbons (Fsp3) is 1.00. The van der Waals surface area contributed by atoms with Crippen molar-refractivity contribution in [1.82, 2.24) is 4.90 Å². The van der Waals surface area contributed by atoms with Gasteiger partial charge in [0.05, 0.1) is 19.8 Å². The van der Waals surface area contributed by atoms with Crippen LogP contribution in [0.15, 0.2) is 0 Å². The van der Waals surface area contributed by atoms with Gasteiger partial charge in [-0.25, -0.2) is 0 Å². The van der Waals surface area contributed by atoms with Gasteiger partial charge in [0.15, 0.2) is 0 Å². The molecule has 1 atom stereocenters. The molecule has 1 unspecified atom stereocenters. The van der Waals surface area contributed by atoms with Gasteiger partial charge in [0.25, 0.3) is 0 Å². The van der Waals surface area contributed by atoms with Gasteiger partial charge in [-0.15, -0.1) is 0 Å². The topological polar surface area (TPSA) is 62.2 Å². The van der Waals surface area contributed by atoms with E-state index in [2.05, 4.69) is 13.8 Å². The first kappa shape index (κ1) is 34.8. The highest BCUT2D eigenvalue weighted by atomic mass is 16.6. The molecule has 0 aromatic carbocycles. The van der Waals surface area contributed by atoms with Crippen LogP contribution in [0.2, 0.25) is 0 Å². The standard InChI is InChI=1S/C30H63NO4/c1-4-6-8-10-12-14-16-18-20-22-26-34-29-30(33,28-31(3)24-25-32)35-27-23-21-19-17-15-13-11-9-7-5-2/h32-33H,4-29H2,1-3H3. The third-order valence-electron chi connectivity index (χ3n) is 6.84. The third kappa shape index (κ3) is 25.2. The minimum Gasteiger partial charge on any atom is -0.395 e. The van der Waals surface area contributed by atoms with Crippen LogP contribution in [0.3, 0.4) is 0 Å². The molecular weight excluding hydrogens is 438 g/mol. The average molecular weight is 502 g/mol. The van der Waals surface area contributed by atoms with Crippen LogP contribution in [0.25, 0.3) is 0 Å². The van der Waals surface area contributed by atoms with Crippen molar-refractivity contribution in [2.45, 2.75) is 148 Å². The summed E-state index contributed by atoms with van der Waals surface area (Å²) in [5, 5.41) is 20.2. The lowest BCUT2D eigenvalue weighted by molar-refractivity contribution is -0.240. The van der Waals surface area contributed by atoms with Crippen molar-refractivity contribution in [3.05, 3.63) is 0 Å². The number of aliphatic hydroxyl groups excluding tert-OH is 1. The Balaban J connectivity index is 3.91. The summed E-state index contributed by atoms with van der Waals surface area (Å²) >= 11 is 0. The first-order chi connectivity index (χ1) is 17.1. The van der Waals surface area contributed by atoms with Crippen molar-refractivity contribution in [2.75, 3.05) is 46.6 Å². The number of ether oxygens (including phenoxy) is 2. The van der Waals surface area contributed by atoms with E-state index in [0.29, 0.717) is 26.3 Å². The summed E-state index contributed by atoms with van der Waals surface area (Å²) in [5.41, 5.74) is 0. The SMILES string of the molecule is CCCCCCCCCCCCOCC(O)(CN(C)CCO)OCCCCCCCCCCCC. The summed E-state index contributed by atoms with van der Waals surface area (Å²) in [7, 11) is 1.90. The molecule has 0 aliphatic heterocycles. The predicted octanol–water partition coefficient (Wildman–Crippen LogP) is 7.47. The fourth-order valence-electron chi connectivity index (χ4n) is 4.58. The van der Waals surface area contributed by atoms with Gasteiger partial charge in [0.1, 0.15) is 6.61 Å². The Kier molecular flexibility index (Phi) is 26.7. The molecule has 35 heavy (non-hydrogen) atoms. The van der Waals surface area contributed by atoms with Gasteiger partial charge in [-0.3, -0.25) is 4.90 Å². The number of likely N-dealkylation sites (N-methyl/N-ethyl adjacent to an activating group) is 1. The summed E-state index contributed by atoms with van der Waals surface area (Å²) in [5.74, 6) is -1.30. The molecule has 2 N–H and O–H groups in total. The summed E-state index contributed by atoms with van der Waals surface area (Å²) < 4.78 is 11.8. The minimum atomic E-state index is -1.30. The summed E-state index contributed by atoms with van der Waals surface area (Å²) in [6, 6.07) is 0. The first-order valence-electron chi connectivity index (χ1n) is 15.3. The van der Waals surface area contributed by atoms with Crippen molar-refractivity contribution in [3.8, 4) is 0 Å². The molecule has 0 aromatic heterocycles. The number of aliphatic hydroxyl groups is 2. The molecule has 0 aliphatic carbocycles. The second-order valence-electron chi connectivity index (χ2n) is 10.7.